The molecule has 1 unspecified atom stereocenters. The zero-order valence-corrected chi connectivity index (χ0v) is 17.8. The first kappa shape index (κ1) is 20.2. The van der Waals surface area contributed by atoms with Crippen LogP contribution in [0.1, 0.15) is 59.2 Å². The molecule has 5 rings (SSSR count). The van der Waals surface area contributed by atoms with Crippen LogP contribution in [0.2, 0.25) is 0 Å². The predicted molar refractivity (Wildman–Crippen MR) is 117 cm³/mol. The number of nitrogens with zero attached hydrogens (tertiary/aromatic N) is 3. The van der Waals surface area contributed by atoms with Gasteiger partial charge in [-0.15, -0.1) is 0 Å². The molecule has 2 aliphatic heterocycles. The average molecular weight is 420 g/mol. The van der Waals surface area contributed by atoms with Crippen molar-refractivity contribution in [2.45, 2.75) is 56.2 Å². The van der Waals surface area contributed by atoms with E-state index in [1.54, 1.807) is 18.5 Å². The summed E-state index contributed by atoms with van der Waals surface area (Å²) in [6.45, 7) is 2.03. The summed E-state index contributed by atoms with van der Waals surface area (Å²) in [4.78, 5) is 34.2. The molecular formula is C25H29N3O3. The summed E-state index contributed by atoms with van der Waals surface area (Å²) in [5.41, 5.74) is 1.17. The number of carbonyl (C=O) groups is 2. The monoisotopic (exact) mass is 419 g/mol. The number of hydrogen-bond donors (Lipinski definition) is 0. The first-order valence-electron chi connectivity index (χ1n) is 11.4. The van der Waals surface area contributed by atoms with Gasteiger partial charge in [-0.25, -0.2) is 0 Å². The molecule has 0 radical (unpaired) electrons. The second-order valence-electron chi connectivity index (χ2n) is 9.02. The number of aromatic nitrogens is 1. The number of rotatable bonds is 4. The maximum Gasteiger partial charge on any atom is 0.255 e. The minimum Gasteiger partial charge on any atom is -0.375 e. The lowest BCUT2D eigenvalue weighted by molar-refractivity contribution is -0.126. The van der Waals surface area contributed by atoms with Crippen molar-refractivity contribution in [2.75, 3.05) is 19.7 Å². The Bertz CT molecular complexity index is 922. The maximum absolute atomic E-state index is 13.3. The zero-order chi connectivity index (χ0) is 21.3. The molecule has 2 amide bonds. The zero-order valence-electron chi connectivity index (χ0n) is 17.8. The fourth-order valence-electron chi connectivity index (χ4n) is 5.09. The molecule has 162 valence electrons. The lowest BCUT2D eigenvalue weighted by atomic mass is 9.81. The molecule has 1 spiro atoms. The molecule has 1 aromatic heterocycles. The van der Waals surface area contributed by atoms with Gasteiger partial charge in [-0.05, 0) is 62.8 Å². The third kappa shape index (κ3) is 4.22. The minimum absolute atomic E-state index is 0.0363. The van der Waals surface area contributed by atoms with E-state index >= 15 is 0 Å². The van der Waals surface area contributed by atoms with Crippen molar-refractivity contribution in [3.05, 3.63) is 66.0 Å². The lowest BCUT2D eigenvalue weighted by Crippen LogP contribution is -2.55. The molecule has 3 aliphatic rings. The third-order valence-corrected chi connectivity index (χ3v) is 6.93. The third-order valence-electron chi connectivity index (χ3n) is 6.93. The highest BCUT2D eigenvalue weighted by Gasteiger charge is 2.46. The molecule has 6 heteroatoms. The van der Waals surface area contributed by atoms with Crippen molar-refractivity contribution in [2.24, 2.45) is 0 Å². The Morgan fingerprint density at radius 2 is 1.71 bits per heavy atom. The van der Waals surface area contributed by atoms with Crippen molar-refractivity contribution in [1.29, 1.82) is 0 Å². The number of pyridine rings is 1. The molecule has 1 saturated carbocycles. The van der Waals surface area contributed by atoms with Crippen LogP contribution in [-0.2, 0) is 4.74 Å². The van der Waals surface area contributed by atoms with Crippen LogP contribution < -0.4 is 0 Å². The van der Waals surface area contributed by atoms with Gasteiger partial charge < -0.3 is 14.5 Å². The Hall–Kier alpha value is -2.73. The van der Waals surface area contributed by atoms with Crippen LogP contribution in [0.3, 0.4) is 0 Å². The minimum atomic E-state index is -0.237. The molecule has 3 heterocycles. The fraction of sp³-hybridized carbons (Fsp3) is 0.480. The van der Waals surface area contributed by atoms with Gasteiger partial charge in [0.25, 0.3) is 11.8 Å². The van der Waals surface area contributed by atoms with Gasteiger partial charge in [-0.3, -0.25) is 14.6 Å². The van der Waals surface area contributed by atoms with Crippen LogP contribution in [-0.4, -0.2) is 64.0 Å². The summed E-state index contributed by atoms with van der Waals surface area (Å²) in [5.74, 6) is 0.184. The summed E-state index contributed by atoms with van der Waals surface area (Å²) in [7, 11) is 0. The van der Waals surface area contributed by atoms with Gasteiger partial charge in [0.15, 0.2) is 0 Å². The number of benzene rings is 1. The SMILES string of the molecule is O=C(c1cccnc1)N1CCC2(CC1)CC(N(C(=O)c1ccccc1)C1CC1)CCO2. The Morgan fingerprint density at radius 3 is 2.39 bits per heavy atom. The fourth-order valence-corrected chi connectivity index (χ4v) is 5.09. The number of piperidine rings is 1. The molecule has 1 aliphatic carbocycles. The number of carbonyl (C=O) groups excluding carboxylic acids is 2. The molecule has 6 nitrogen and oxygen atoms in total. The highest BCUT2D eigenvalue weighted by Crippen LogP contribution is 2.40. The van der Waals surface area contributed by atoms with Crippen molar-refractivity contribution in [1.82, 2.24) is 14.8 Å². The van der Waals surface area contributed by atoms with E-state index in [-0.39, 0.29) is 23.5 Å². The number of amides is 2. The molecule has 3 fully saturated rings. The van der Waals surface area contributed by atoms with Crippen molar-refractivity contribution < 1.29 is 14.3 Å². The average Bonchev–Trinajstić information content (AvgIpc) is 3.66. The Balaban J connectivity index is 1.27. The first-order valence-corrected chi connectivity index (χ1v) is 11.4. The van der Waals surface area contributed by atoms with E-state index in [9.17, 15) is 9.59 Å². The van der Waals surface area contributed by atoms with E-state index in [2.05, 4.69) is 9.88 Å². The van der Waals surface area contributed by atoms with Gasteiger partial charge in [0.1, 0.15) is 0 Å². The van der Waals surface area contributed by atoms with Gasteiger partial charge in [0.05, 0.1) is 11.2 Å². The summed E-state index contributed by atoms with van der Waals surface area (Å²) in [5, 5.41) is 0. The summed E-state index contributed by atoms with van der Waals surface area (Å²) in [6.07, 6.45) is 8.86. The number of ether oxygens (including phenoxy) is 1. The van der Waals surface area contributed by atoms with Gasteiger partial charge in [0, 0.05) is 49.7 Å². The second kappa shape index (κ2) is 8.42. The molecule has 1 aromatic carbocycles. The molecule has 0 bridgehead atoms. The van der Waals surface area contributed by atoms with Crippen LogP contribution in [0.15, 0.2) is 54.9 Å². The highest BCUT2D eigenvalue weighted by molar-refractivity contribution is 5.95. The number of likely N-dealkylation sites (tertiary alicyclic amines) is 1. The van der Waals surface area contributed by atoms with Gasteiger partial charge in [-0.2, -0.15) is 0 Å². The lowest BCUT2D eigenvalue weighted by Gasteiger charge is -2.48. The largest absolute Gasteiger partial charge is 0.375 e. The standard InChI is InChI=1S/C25H29N3O3/c29-23(20-7-4-13-26-18-20)27-14-11-25(12-15-27)17-22(10-16-31-25)28(21-8-9-21)24(30)19-5-2-1-3-6-19/h1-7,13,18,21-22H,8-12,14-17H2. The molecule has 0 N–H and O–H groups in total. The summed E-state index contributed by atoms with van der Waals surface area (Å²) < 4.78 is 6.32. The van der Waals surface area contributed by atoms with E-state index in [1.165, 1.54) is 0 Å². The molecular weight excluding hydrogens is 390 g/mol. The van der Waals surface area contributed by atoms with Gasteiger partial charge in [-0.1, -0.05) is 18.2 Å². The summed E-state index contributed by atoms with van der Waals surface area (Å²) >= 11 is 0. The predicted octanol–water partition coefficient (Wildman–Crippen LogP) is 3.54. The smallest absolute Gasteiger partial charge is 0.255 e. The quantitative estimate of drug-likeness (QED) is 0.761. The van der Waals surface area contributed by atoms with E-state index in [4.69, 9.17) is 4.74 Å². The van der Waals surface area contributed by atoms with Crippen LogP contribution in [0.5, 0.6) is 0 Å². The van der Waals surface area contributed by atoms with Crippen LogP contribution in [0.25, 0.3) is 0 Å². The topological polar surface area (TPSA) is 62.7 Å². The van der Waals surface area contributed by atoms with Crippen LogP contribution in [0.4, 0.5) is 0 Å². The van der Waals surface area contributed by atoms with E-state index < -0.39 is 0 Å². The maximum atomic E-state index is 13.3. The molecule has 2 saturated heterocycles. The van der Waals surface area contributed by atoms with Gasteiger partial charge in [0.2, 0.25) is 0 Å². The van der Waals surface area contributed by atoms with Crippen molar-refractivity contribution >= 4 is 11.8 Å². The molecule has 2 aromatic rings. The Morgan fingerprint density at radius 1 is 0.968 bits per heavy atom. The molecule has 1 atom stereocenters. The van der Waals surface area contributed by atoms with E-state index in [1.807, 2.05) is 41.3 Å². The Labute approximate surface area is 183 Å². The van der Waals surface area contributed by atoms with E-state index in [0.29, 0.717) is 31.3 Å². The highest BCUT2D eigenvalue weighted by atomic mass is 16.5. The normalized spacial score (nSPS) is 22.8. The second-order valence-corrected chi connectivity index (χ2v) is 9.02. The van der Waals surface area contributed by atoms with Crippen molar-refractivity contribution in [3.8, 4) is 0 Å². The Kier molecular flexibility index (Phi) is 5.48. The van der Waals surface area contributed by atoms with Gasteiger partial charge >= 0.3 is 0 Å². The summed E-state index contributed by atoms with van der Waals surface area (Å²) in [6, 6.07) is 13.8. The first-order chi connectivity index (χ1) is 15.2. The molecule has 31 heavy (non-hydrogen) atoms. The van der Waals surface area contributed by atoms with Crippen molar-refractivity contribution in [3.63, 3.8) is 0 Å². The van der Waals surface area contributed by atoms with Crippen LogP contribution in [0, 0.1) is 0 Å². The number of hydrogen-bond acceptors (Lipinski definition) is 4. The van der Waals surface area contributed by atoms with Crippen LogP contribution >= 0.6 is 0 Å². The van der Waals surface area contributed by atoms with E-state index in [0.717, 1.165) is 44.1 Å².